The second-order valence-corrected chi connectivity index (χ2v) is 8.39. The predicted molar refractivity (Wildman–Crippen MR) is 98.3 cm³/mol. The fourth-order valence-corrected chi connectivity index (χ4v) is 3.95. The molecule has 0 fully saturated rings. The van der Waals surface area contributed by atoms with Gasteiger partial charge in [-0.05, 0) is 35.7 Å². The van der Waals surface area contributed by atoms with Gasteiger partial charge in [-0.3, -0.25) is 4.79 Å². The van der Waals surface area contributed by atoms with Gasteiger partial charge in [-0.25, -0.2) is 8.42 Å². The van der Waals surface area contributed by atoms with E-state index < -0.39 is 21.5 Å². The van der Waals surface area contributed by atoms with E-state index in [1.807, 2.05) is 68.4 Å². The van der Waals surface area contributed by atoms with Gasteiger partial charge in [0.25, 0.3) is 0 Å². The number of rotatable bonds is 8. The third kappa shape index (κ3) is 6.97. The average Bonchev–Trinajstić information content (AvgIpc) is 2.53. The highest BCUT2D eigenvalue weighted by atomic mass is 32.2. The number of carbonyl (C=O) groups excluding carboxylic acids is 1. The molecule has 0 radical (unpaired) electrons. The van der Waals surface area contributed by atoms with E-state index in [0.29, 0.717) is 5.75 Å². The molecule has 1 amide bonds. The molecule has 2 aromatic rings. The van der Waals surface area contributed by atoms with Crippen molar-refractivity contribution in [3.05, 3.63) is 60.2 Å². The number of nitrogens with one attached hydrogen (secondary N) is 1. The first kappa shape index (κ1) is 19.0. The molecule has 0 heterocycles. The molecule has 0 saturated heterocycles. The molecule has 0 spiro atoms. The highest BCUT2D eigenvalue weighted by Crippen LogP contribution is 2.21. The van der Waals surface area contributed by atoms with E-state index in [2.05, 4.69) is 5.32 Å². The average molecular weight is 361 g/mol. The number of amides is 1. The van der Waals surface area contributed by atoms with Crippen molar-refractivity contribution in [2.24, 2.45) is 5.92 Å². The van der Waals surface area contributed by atoms with Crippen molar-refractivity contribution in [2.75, 3.05) is 11.5 Å². The van der Waals surface area contributed by atoms with Crippen molar-refractivity contribution in [1.29, 1.82) is 0 Å². The molecule has 0 bridgehead atoms. The Bertz CT molecular complexity index is 784. The van der Waals surface area contributed by atoms with E-state index in [0.717, 1.165) is 11.3 Å². The second-order valence-electron chi connectivity index (χ2n) is 6.28. The monoisotopic (exact) mass is 361 g/mol. The maximum atomic E-state index is 11.8. The molecule has 0 aliphatic carbocycles. The zero-order valence-electron chi connectivity index (χ0n) is 14.4. The van der Waals surface area contributed by atoms with Gasteiger partial charge in [0.15, 0.2) is 9.84 Å². The lowest BCUT2D eigenvalue weighted by Crippen LogP contribution is -2.31. The summed E-state index contributed by atoms with van der Waals surface area (Å²) in [5.74, 6) is 0.520. The summed E-state index contributed by atoms with van der Waals surface area (Å²) in [4.78, 5) is 11.8. The summed E-state index contributed by atoms with van der Waals surface area (Å²) in [6.45, 7) is 3.91. The van der Waals surface area contributed by atoms with Crippen LogP contribution in [-0.4, -0.2) is 25.8 Å². The Kier molecular flexibility index (Phi) is 6.58. The minimum atomic E-state index is -3.36. The Morgan fingerprint density at radius 3 is 2.20 bits per heavy atom. The number of benzene rings is 2. The number of ether oxygens (including phenoxy) is 1. The first-order valence-electron chi connectivity index (χ1n) is 8.13. The molecule has 0 saturated carbocycles. The van der Waals surface area contributed by atoms with Crippen LogP contribution < -0.4 is 10.1 Å². The van der Waals surface area contributed by atoms with Crippen LogP contribution in [0.4, 0.5) is 0 Å². The summed E-state index contributed by atoms with van der Waals surface area (Å²) in [6.07, 6.45) is 0. The van der Waals surface area contributed by atoms with Gasteiger partial charge in [0.1, 0.15) is 17.3 Å². The van der Waals surface area contributed by atoms with Crippen LogP contribution in [-0.2, 0) is 21.2 Å². The van der Waals surface area contributed by atoms with Gasteiger partial charge in [-0.2, -0.15) is 0 Å². The molecule has 0 unspecified atom stereocenters. The van der Waals surface area contributed by atoms with Crippen LogP contribution >= 0.6 is 0 Å². The molecule has 1 N–H and O–H groups in total. The number of hydrogen-bond donors (Lipinski definition) is 1. The van der Waals surface area contributed by atoms with E-state index in [1.165, 1.54) is 0 Å². The minimum absolute atomic E-state index is 0.00922. The topological polar surface area (TPSA) is 72.5 Å². The molecule has 0 aliphatic rings. The van der Waals surface area contributed by atoms with E-state index in [9.17, 15) is 13.2 Å². The van der Waals surface area contributed by atoms with Crippen molar-refractivity contribution < 1.29 is 17.9 Å². The number of sulfone groups is 1. The van der Waals surface area contributed by atoms with Crippen LogP contribution in [0.1, 0.15) is 19.4 Å². The van der Waals surface area contributed by atoms with Crippen LogP contribution in [0.2, 0.25) is 0 Å². The molecule has 2 rings (SSSR count). The lowest BCUT2D eigenvalue weighted by molar-refractivity contribution is -0.118. The first-order valence-corrected chi connectivity index (χ1v) is 9.95. The van der Waals surface area contributed by atoms with Gasteiger partial charge in [0, 0.05) is 6.54 Å². The molecular weight excluding hydrogens is 338 g/mol. The molecule has 0 aromatic heterocycles. The SMILES string of the molecule is CC(C)CS(=O)(=O)CC(=O)NCc1ccc(Oc2ccccc2)cc1. The van der Waals surface area contributed by atoms with Crippen molar-refractivity contribution in [3.63, 3.8) is 0 Å². The summed E-state index contributed by atoms with van der Waals surface area (Å²) < 4.78 is 29.3. The molecule has 0 atom stereocenters. The lowest BCUT2D eigenvalue weighted by atomic mass is 10.2. The van der Waals surface area contributed by atoms with Crippen molar-refractivity contribution in [1.82, 2.24) is 5.32 Å². The van der Waals surface area contributed by atoms with Crippen LogP contribution in [0.15, 0.2) is 54.6 Å². The fourth-order valence-electron chi connectivity index (χ4n) is 2.32. The van der Waals surface area contributed by atoms with Crippen LogP contribution in [0.25, 0.3) is 0 Å². The van der Waals surface area contributed by atoms with Gasteiger partial charge in [-0.1, -0.05) is 44.2 Å². The standard InChI is InChI=1S/C19H23NO4S/c1-15(2)13-25(22,23)14-19(21)20-12-16-8-10-18(11-9-16)24-17-6-4-3-5-7-17/h3-11,15H,12-14H2,1-2H3,(H,20,21). The Hall–Kier alpha value is -2.34. The second kappa shape index (κ2) is 8.67. The molecule has 25 heavy (non-hydrogen) atoms. The van der Waals surface area contributed by atoms with Crippen LogP contribution in [0.3, 0.4) is 0 Å². The van der Waals surface area contributed by atoms with Crippen molar-refractivity contribution in [3.8, 4) is 11.5 Å². The van der Waals surface area contributed by atoms with E-state index in [-0.39, 0.29) is 18.2 Å². The maximum absolute atomic E-state index is 11.8. The Labute approximate surface area is 148 Å². The van der Waals surface area contributed by atoms with Gasteiger partial charge < -0.3 is 10.1 Å². The van der Waals surface area contributed by atoms with E-state index in [1.54, 1.807) is 0 Å². The molecular formula is C19H23NO4S. The Morgan fingerprint density at radius 2 is 1.60 bits per heavy atom. The van der Waals surface area contributed by atoms with Crippen molar-refractivity contribution in [2.45, 2.75) is 20.4 Å². The van der Waals surface area contributed by atoms with Gasteiger partial charge in [0.2, 0.25) is 5.91 Å². The molecule has 2 aromatic carbocycles. The normalized spacial score (nSPS) is 11.3. The number of carbonyl (C=O) groups is 1. The summed E-state index contributed by atoms with van der Waals surface area (Å²) in [7, 11) is -3.36. The smallest absolute Gasteiger partial charge is 0.235 e. The molecule has 134 valence electrons. The minimum Gasteiger partial charge on any atom is -0.457 e. The van der Waals surface area contributed by atoms with Crippen LogP contribution in [0, 0.1) is 5.92 Å². The summed E-state index contributed by atoms with van der Waals surface area (Å²) in [6, 6.07) is 16.7. The highest BCUT2D eigenvalue weighted by Gasteiger charge is 2.17. The number of para-hydroxylation sites is 1. The zero-order valence-corrected chi connectivity index (χ0v) is 15.3. The van der Waals surface area contributed by atoms with Gasteiger partial charge in [-0.15, -0.1) is 0 Å². The zero-order chi connectivity index (χ0) is 18.3. The maximum Gasteiger partial charge on any atom is 0.235 e. The molecule has 0 aliphatic heterocycles. The lowest BCUT2D eigenvalue weighted by Gasteiger charge is -2.09. The van der Waals surface area contributed by atoms with Gasteiger partial charge in [0.05, 0.1) is 5.75 Å². The summed E-state index contributed by atoms with van der Waals surface area (Å²) in [5, 5.41) is 2.64. The van der Waals surface area contributed by atoms with Gasteiger partial charge >= 0.3 is 0 Å². The largest absolute Gasteiger partial charge is 0.457 e. The van der Waals surface area contributed by atoms with Crippen LogP contribution in [0.5, 0.6) is 11.5 Å². The van der Waals surface area contributed by atoms with E-state index >= 15 is 0 Å². The third-order valence-corrected chi connectivity index (χ3v) is 5.21. The molecule has 6 heteroatoms. The fraction of sp³-hybridized carbons (Fsp3) is 0.316. The quantitative estimate of drug-likeness (QED) is 0.784. The Balaban J connectivity index is 1.84. The Morgan fingerprint density at radius 1 is 1.00 bits per heavy atom. The third-order valence-electron chi connectivity index (χ3n) is 3.33. The highest BCUT2D eigenvalue weighted by molar-refractivity contribution is 7.92. The predicted octanol–water partition coefficient (Wildman–Crippen LogP) is 3.17. The molecule has 5 nitrogen and oxygen atoms in total. The number of hydrogen-bond acceptors (Lipinski definition) is 4. The van der Waals surface area contributed by atoms with Crippen molar-refractivity contribution >= 4 is 15.7 Å². The first-order chi connectivity index (χ1) is 11.8. The van der Waals surface area contributed by atoms with E-state index in [4.69, 9.17) is 4.74 Å². The summed E-state index contributed by atoms with van der Waals surface area (Å²) in [5.41, 5.74) is 0.870. The summed E-state index contributed by atoms with van der Waals surface area (Å²) >= 11 is 0.